The first-order chi connectivity index (χ1) is 20.3. The number of aliphatic hydroxyl groups is 1. The number of fused-ring (bicyclic) bond motifs is 1. The van der Waals surface area contributed by atoms with Crippen LogP contribution in [-0.4, -0.2) is 60.9 Å². The molecule has 258 valence electrons. The first kappa shape index (κ1) is 39.9. The van der Waals surface area contributed by atoms with E-state index in [0.29, 0.717) is 37.0 Å². The van der Waals surface area contributed by atoms with Crippen molar-refractivity contribution in [2.75, 3.05) is 6.61 Å². The lowest BCUT2D eigenvalue weighted by molar-refractivity contribution is 0.00489. The number of aliphatic hydroxyl groups excluding tert-OH is 1. The van der Waals surface area contributed by atoms with E-state index in [9.17, 15) is 9.90 Å². The minimum absolute atomic E-state index is 0.0264. The van der Waals surface area contributed by atoms with Gasteiger partial charge in [0, 0.05) is 13.0 Å². The van der Waals surface area contributed by atoms with Gasteiger partial charge in [-0.3, -0.25) is 0 Å². The van der Waals surface area contributed by atoms with Crippen LogP contribution < -0.4 is 4.43 Å². The molecule has 0 bridgehead atoms. The molecule has 0 spiro atoms. The van der Waals surface area contributed by atoms with E-state index < -0.39 is 31.1 Å². The molecule has 45 heavy (non-hydrogen) atoms. The van der Waals surface area contributed by atoms with Gasteiger partial charge in [-0.1, -0.05) is 86.6 Å². The predicted molar refractivity (Wildman–Crippen MR) is 197 cm³/mol. The summed E-state index contributed by atoms with van der Waals surface area (Å²) < 4.78 is 27.3. The number of carbonyl (C=O) groups excluding carboxylic acids is 1. The standard InChI is InChI=1S/C36H66O6Si3/c1-34(2,3)43(10,11)40-29-21-16-19-27-20-17-23-31(42-45(14,15)36(7,8)9)32(27)33(38)39-28(22-18-24-37)25-30(26-29)41-44(12,13)35(4,5)6/h16-17,19-20,23,28-30,37H,18,21-22,24-26H2,1-15H3/b19-16+/t28-,29+,30-/m0/s1. The zero-order chi connectivity index (χ0) is 34.6. The molecule has 1 aliphatic heterocycles. The molecule has 0 saturated carbocycles. The molecule has 0 saturated heterocycles. The number of cyclic esters (lactones) is 1. The fourth-order valence-electron chi connectivity index (χ4n) is 4.68. The van der Waals surface area contributed by atoms with Crippen LogP contribution in [0.2, 0.25) is 54.4 Å². The van der Waals surface area contributed by atoms with E-state index in [1.54, 1.807) is 0 Å². The maximum Gasteiger partial charge on any atom is 0.342 e. The van der Waals surface area contributed by atoms with Gasteiger partial charge in [-0.15, -0.1) is 0 Å². The Morgan fingerprint density at radius 2 is 1.33 bits per heavy atom. The number of hydrogen-bond acceptors (Lipinski definition) is 6. The molecule has 0 radical (unpaired) electrons. The Morgan fingerprint density at radius 3 is 1.84 bits per heavy atom. The van der Waals surface area contributed by atoms with Crippen LogP contribution in [-0.2, 0) is 13.6 Å². The Balaban J connectivity index is 2.70. The summed E-state index contributed by atoms with van der Waals surface area (Å²) in [5, 5.41) is 9.84. The number of rotatable bonds is 9. The number of benzene rings is 1. The molecule has 1 N–H and O–H groups in total. The molecular formula is C36H66O6Si3. The van der Waals surface area contributed by atoms with Gasteiger partial charge in [-0.25, -0.2) is 4.79 Å². The molecule has 1 aromatic rings. The van der Waals surface area contributed by atoms with Crippen LogP contribution in [0.4, 0.5) is 0 Å². The third kappa shape index (κ3) is 10.9. The summed E-state index contributed by atoms with van der Waals surface area (Å²) in [7, 11) is -6.51. The normalized spacial score (nSPS) is 22.1. The molecule has 0 fully saturated rings. The van der Waals surface area contributed by atoms with Crippen molar-refractivity contribution in [2.45, 2.75) is 167 Å². The number of hydrogen-bond donors (Lipinski definition) is 1. The summed E-state index contributed by atoms with van der Waals surface area (Å²) in [6, 6.07) is 5.82. The van der Waals surface area contributed by atoms with Crippen LogP contribution in [0.5, 0.6) is 5.75 Å². The van der Waals surface area contributed by atoms with Crippen molar-refractivity contribution < 1.29 is 27.9 Å². The molecule has 1 aliphatic rings. The van der Waals surface area contributed by atoms with E-state index in [4.69, 9.17) is 18.0 Å². The lowest BCUT2D eigenvalue weighted by Gasteiger charge is -2.43. The molecule has 0 aromatic heterocycles. The first-order valence-corrected chi connectivity index (χ1v) is 25.7. The molecule has 0 unspecified atom stereocenters. The maximum absolute atomic E-state index is 14.1. The van der Waals surface area contributed by atoms with Crippen molar-refractivity contribution in [3.8, 4) is 5.75 Å². The highest BCUT2D eigenvalue weighted by Crippen LogP contribution is 2.42. The Hall–Kier alpha value is -1.24. The minimum atomic E-state index is -2.25. The summed E-state index contributed by atoms with van der Waals surface area (Å²) in [5.74, 6) is 0.197. The highest BCUT2D eigenvalue weighted by Gasteiger charge is 2.43. The highest BCUT2D eigenvalue weighted by molar-refractivity contribution is 6.75. The monoisotopic (exact) mass is 678 g/mol. The van der Waals surface area contributed by atoms with Crippen molar-refractivity contribution in [1.29, 1.82) is 0 Å². The quantitative estimate of drug-likeness (QED) is 0.207. The molecule has 3 atom stereocenters. The van der Waals surface area contributed by atoms with Crippen molar-refractivity contribution in [3.05, 3.63) is 35.4 Å². The second-order valence-electron chi connectivity index (χ2n) is 17.6. The highest BCUT2D eigenvalue weighted by atomic mass is 28.4. The average molecular weight is 679 g/mol. The fraction of sp³-hybridized carbons (Fsp3) is 0.750. The smallest absolute Gasteiger partial charge is 0.342 e. The number of ether oxygens (including phenoxy) is 1. The Morgan fingerprint density at radius 1 is 0.800 bits per heavy atom. The summed E-state index contributed by atoms with van der Waals surface area (Å²) in [6.07, 6.45) is 6.67. The van der Waals surface area contributed by atoms with Crippen molar-refractivity contribution in [1.82, 2.24) is 0 Å². The second-order valence-corrected chi connectivity index (χ2v) is 31.8. The minimum Gasteiger partial charge on any atom is -0.543 e. The third-order valence-electron chi connectivity index (χ3n) is 10.7. The number of carbonyl (C=O) groups is 1. The first-order valence-electron chi connectivity index (χ1n) is 17.0. The topological polar surface area (TPSA) is 74.2 Å². The van der Waals surface area contributed by atoms with Crippen LogP contribution in [0, 0.1) is 0 Å². The van der Waals surface area contributed by atoms with Gasteiger partial charge in [-0.05, 0) is 91.7 Å². The van der Waals surface area contributed by atoms with Gasteiger partial charge in [0.1, 0.15) is 17.4 Å². The molecule has 0 amide bonds. The van der Waals surface area contributed by atoms with Crippen LogP contribution >= 0.6 is 0 Å². The van der Waals surface area contributed by atoms with E-state index >= 15 is 0 Å². The average Bonchev–Trinajstić information content (AvgIpc) is 2.83. The summed E-state index contributed by atoms with van der Waals surface area (Å²) >= 11 is 0. The van der Waals surface area contributed by atoms with Gasteiger partial charge < -0.3 is 23.1 Å². The molecule has 9 heteroatoms. The molecule has 0 aliphatic carbocycles. The van der Waals surface area contributed by atoms with Crippen LogP contribution in [0.25, 0.3) is 6.08 Å². The van der Waals surface area contributed by atoms with Gasteiger partial charge in [-0.2, -0.15) is 0 Å². The van der Waals surface area contributed by atoms with Gasteiger partial charge in [0.15, 0.2) is 16.6 Å². The third-order valence-corrected chi connectivity index (χ3v) is 24.1. The van der Waals surface area contributed by atoms with Gasteiger partial charge in [0.2, 0.25) is 0 Å². The van der Waals surface area contributed by atoms with Gasteiger partial charge in [0.05, 0.1) is 12.2 Å². The zero-order valence-electron chi connectivity index (χ0n) is 31.3. The van der Waals surface area contributed by atoms with Crippen LogP contribution in [0.3, 0.4) is 0 Å². The van der Waals surface area contributed by atoms with Crippen LogP contribution in [0.1, 0.15) is 110 Å². The van der Waals surface area contributed by atoms with E-state index in [2.05, 4.69) is 108 Å². The predicted octanol–water partition coefficient (Wildman–Crippen LogP) is 10.3. The molecular weight excluding hydrogens is 613 g/mol. The van der Waals surface area contributed by atoms with Crippen LogP contribution in [0.15, 0.2) is 24.3 Å². The molecule has 1 heterocycles. The van der Waals surface area contributed by atoms with Gasteiger partial charge in [0.25, 0.3) is 8.32 Å². The molecule has 6 nitrogen and oxygen atoms in total. The molecule has 1 aromatic carbocycles. The van der Waals surface area contributed by atoms with E-state index in [0.717, 1.165) is 12.0 Å². The zero-order valence-corrected chi connectivity index (χ0v) is 34.3. The molecule has 2 rings (SSSR count). The Kier molecular flexibility index (Phi) is 13.2. The Labute approximate surface area is 279 Å². The van der Waals surface area contributed by atoms with Crippen molar-refractivity contribution >= 4 is 37.0 Å². The van der Waals surface area contributed by atoms with Crippen molar-refractivity contribution in [2.24, 2.45) is 0 Å². The second kappa shape index (κ2) is 14.9. The number of esters is 1. The Bertz CT molecular complexity index is 1150. The lowest BCUT2D eigenvalue weighted by atomic mass is 9.99. The van der Waals surface area contributed by atoms with Gasteiger partial charge >= 0.3 is 5.97 Å². The summed E-state index contributed by atoms with van der Waals surface area (Å²) in [4.78, 5) is 14.1. The summed E-state index contributed by atoms with van der Waals surface area (Å²) in [6.45, 7) is 33.8. The summed E-state index contributed by atoms with van der Waals surface area (Å²) in [5.41, 5.74) is 1.26. The SMILES string of the molecule is CC(C)(C)[Si](C)(C)Oc1cccc2c1C(=O)O[C@@H](CCCO)C[C@H](O[Si](C)(C)C(C)(C)C)C[C@H](O[Si](C)(C)C(C)(C)C)C/C=C/2. The van der Waals surface area contributed by atoms with Crippen molar-refractivity contribution in [3.63, 3.8) is 0 Å². The van der Waals surface area contributed by atoms with E-state index in [1.807, 2.05) is 24.3 Å². The largest absolute Gasteiger partial charge is 0.543 e. The lowest BCUT2D eigenvalue weighted by Crippen LogP contribution is -2.48. The van der Waals surface area contributed by atoms with E-state index in [1.165, 1.54) is 0 Å². The maximum atomic E-state index is 14.1. The fourth-order valence-corrected chi connectivity index (χ4v) is 8.46. The van der Waals surface area contributed by atoms with E-state index in [-0.39, 0.29) is 39.9 Å².